The van der Waals surface area contributed by atoms with Crippen LogP contribution < -0.4 is 0 Å². The zero-order chi connectivity index (χ0) is 13.1. The molecule has 0 radical (unpaired) electrons. The Balaban J connectivity index is 2.36. The van der Waals surface area contributed by atoms with Gasteiger partial charge in [-0.3, -0.25) is 0 Å². The van der Waals surface area contributed by atoms with Crippen molar-refractivity contribution in [2.24, 2.45) is 0 Å². The maximum atomic E-state index is 11.8. The summed E-state index contributed by atoms with van der Waals surface area (Å²) in [5.74, 6) is -0.646. The third-order valence-electron chi connectivity index (χ3n) is 2.89. The van der Waals surface area contributed by atoms with Crippen LogP contribution in [0.2, 0.25) is 0 Å². The smallest absolute Gasteiger partial charge is 0.348 e. The van der Waals surface area contributed by atoms with Crippen molar-refractivity contribution in [2.75, 3.05) is 13.2 Å². The predicted octanol–water partition coefficient (Wildman–Crippen LogP) is 2.59. The van der Waals surface area contributed by atoms with Gasteiger partial charge in [0.25, 0.3) is 0 Å². The lowest BCUT2D eigenvalue weighted by molar-refractivity contribution is 0.0523. The molecule has 0 spiro atoms. The van der Waals surface area contributed by atoms with Crippen molar-refractivity contribution in [1.82, 2.24) is 0 Å². The molecule has 0 aromatic carbocycles. The number of ether oxygens (including phenoxy) is 2. The van der Waals surface area contributed by atoms with Crippen LogP contribution in [0, 0.1) is 0 Å². The largest absolute Gasteiger partial charge is 0.462 e. The van der Waals surface area contributed by atoms with Gasteiger partial charge < -0.3 is 9.47 Å². The van der Waals surface area contributed by atoms with E-state index < -0.39 is 0 Å². The molecule has 5 heteroatoms. The molecule has 4 nitrogen and oxygen atoms in total. The van der Waals surface area contributed by atoms with Crippen LogP contribution in [0.1, 0.15) is 50.7 Å². The Kier molecular flexibility index (Phi) is 4.01. The minimum Gasteiger partial charge on any atom is -0.462 e. The van der Waals surface area contributed by atoms with Crippen LogP contribution >= 0.6 is 11.3 Å². The van der Waals surface area contributed by atoms with Gasteiger partial charge in [0.15, 0.2) is 0 Å². The van der Waals surface area contributed by atoms with E-state index in [1.54, 1.807) is 13.8 Å². The number of carbonyl (C=O) groups excluding carboxylic acids is 2. The molecule has 0 fully saturated rings. The summed E-state index contributed by atoms with van der Waals surface area (Å²) in [4.78, 5) is 24.8. The first kappa shape index (κ1) is 13.1. The topological polar surface area (TPSA) is 52.6 Å². The number of carbonyl (C=O) groups is 2. The average Bonchev–Trinajstić information content (AvgIpc) is 2.89. The molecule has 1 aliphatic rings. The SMILES string of the molecule is CCOC(=O)c1sc(C(=O)OCC)c2c1CCC2. The zero-order valence-electron chi connectivity index (χ0n) is 10.6. The Bertz CT molecular complexity index is 435. The molecule has 0 unspecified atom stereocenters. The summed E-state index contributed by atoms with van der Waals surface area (Å²) in [7, 11) is 0. The fraction of sp³-hybridized carbons (Fsp3) is 0.538. The van der Waals surface area contributed by atoms with Crippen LogP contribution in [0.4, 0.5) is 0 Å². The quantitative estimate of drug-likeness (QED) is 0.788. The highest BCUT2D eigenvalue weighted by Crippen LogP contribution is 2.36. The first-order valence-electron chi connectivity index (χ1n) is 6.17. The van der Waals surface area contributed by atoms with Crippen LogP contribution in [0.15, 0.2) is 0 Å². The second-order valence-corrected chi connectivity index (χ2v) is 5.03. The fourth-order valence-electron chi connectivity index (χ4n) is 2.19. The highest BCUT2D eigenvalue weighted by molar-refractivity contribution is 7.16. The molecule has 0 bridgehead atoms. The van der Waals surface area contributed by atoms with Crippen molar-refractivity contribution in [3.05, 3.63) is 20.9 Å². The van der Waals surface area contributed by atoms with Crippen LogP contribution in [0.5, 0.6) is 0 Å². The molecule has 1 heterocycles. The summed E-state index contributed by atoms with van der Waals surface area (Å²) >= 11 is 1.21. The highest BCUT2D eigenvalue weighted by atomic mass is 32.1. The van der Waals surface area contributed by atoms with E-state index in [-0.39, 0.29) is 11.9 Å². The van der Waals surface area contributed by atoms with E-state index in [0.717, 1.165) is 30.4 Å². The highest BCUT2D eigenvalue weighted by Gasteiger charge is 2.30. The fourth-order valence-corrected chi connectivity index (χ4v) is 3.38. The van der Waals surface area contributed by atoms with E-state index in [1.807, 2.05) is 0 Å². The first-order valence-corrected chi connectivity index (χ1v) is 6.99. The number of rotatable bonds is 4. The summed E-state index contributed by atoms with van der Waals surface area (Å²) in [5, 5.41) is 0. The second-order valence-electron chi connectivity index (χ2n) is 4.01. The predicted molar refractivity (Wildman–Crippen MR) is 68.3 cm³/mol. The lowest BCUT2D eigenvalue weighted by atomic mass is 10.1. The normalized spacial score (nSPS) is 13.2. The third kappa shape index (κ3) is 2.27. The van der Waals surface area contributed by atoms with Gasteiger partial charge in [0.1, 0.15) is 9.75 Å². The molecular formula is C13H16O4S. The van der Waals surface area contributed by atoms with Gasteiger partial charge in [-0.1, -0.05) is 0 Å². The molecule has 2 rings (SSSR count). The Hall–Kier alpha value is -1.36. The molecule has 1 aromatic heterocycles. The summed E-state index contributed by atoms with van der Waals surface area (Å²) in [6, 6.07) is 0. The van der Waals surface area contributed by atoms with E-state index in [0.29, 0.717) is 23.0 Å². The number of thiophene rings is 1. The average molecular weight is 268 g/mol. The van der Waals surface area contributed by atoms with Crippen molar-refractivity contribution < 1.29 is 19.1 Å². The Morgan fingerprint density at radius 3 is 1.83 bits per heavy atom. The molecule has 18 heavy (non-hydrogen) atoms. The molecule has 0 amide bonds. The number of fused-ring (bicyclic) bond motifs is 1. The van der Waals surface area contributed by atoms with Gasteiger partial charge in [0.05, 0.1) is 13.2 Å². The van der Waals surface area contributed by atoms with Gasteiger partial charge in [0, 0.05) is 0 Å². The minimum absolute atomic E-state index is 0.323. The second kappa shape index (κ2) is 5.52. The molecule has 0 N–H and O–H groups in total. The lowest BCUT2D eigenvalue weighted by Crippen LogP contribution is -2.04. The van der Waals surface area contributed by atoms with Gasteiger partial charge in [0.2, 0.25) is 0 Å². The molecule has 1 aromatic rings. The van der Waals surface area contributed by atoms with Gasteiger partial charge >= 0.3 is 11.9 Å². The minimum atomic E-state index is -0.323. The van der Waals surface area contributed by atoms with E-state index in [4.69, 9.17) is 9.47 Å². The summed E-state index contributed by atoms with van der Waals surface area (Å²) < 4.78 is 10.1. The number of esters is 2. The van der Waals surface area contributed by atoms with E-state index in [1.165, 1.54) is 11.3 Å². The molecule has 1 aliphatic carbocycles. The summed E-state index contributed by atoms with van der Waals surface area (Å²) in [6.45, 7) is 4.25. The molecule has 0 saturated heterocycles. The third-order valence-corrected chi connectivity index (χ3v) is 4.13. The molecule has 98 valence electrons. The van der Waals surface area contributed by atoms with Crippen LogP contribution in [-0.2, 0) is 22.3 Å². The summed E-state index contributed by atoms with van der Waals surface area (Å²) in [6.07, 6.45) is 2.68. The van der Waals surface area contributed by atoms with Crippen molar-refractivity contribution in [1.29, 1.82) is 0 Å². The monoisotopic (exact) mass is 268 g/mol. The van der Waals surface area contributed by atoms with Gasteiger partial charge in [-0.05, 0) is 44.2 Å². The zero-order valence-corrected chi connectivity index (χ0v) is 11.4. The van der Waals surface area contributed by atoms with Gasteiger partial charge in [-0.25, -0.2) is 9.59 Å². The van der Waals surface area contributed by atoms with Gasteiger partial charge in [-0.2, -0.15) is 0 Å². The van der Waals surface area contributed by atoms with E-state index >= 15 is 0 Å². The maximum Gasteiger partial charge on any atom is 0.348 e. The molecule has 0 aliphatic heterocycles. The van der Waals surface area contributed by atoms with Crippen molar-refractivity contribution >= 4 is 23.3 Å². The Labute approximate surface area is 110 Å². The number of hydrogen-bond acceptors (Lipinski definition) is 5. The Morgan fingerprint density at radius 2 is 1.44 bits per heavy atom. The lowest BCUT2D eigenvalue weighted by Gasteiger charge is -2.00. The van der Waals surface area contributed by atoms with Crippen LogP contribution in [0.3, 0.4) is 0 Å². The Morgan fingerprint density at radius 1 is 1.00 bits per heavy atom. The van der Waals surface area contributed by atoms with Crippen LogP contribution in [0.25, 0.3) is 0 Å². The maximum absolute atomic E-state index is 11.8. The first-order chi connectivity index (χ1) is 8.69. The van der Waals surface area contributed by atoms with Crippen molar-refractivity contribution in [3.8, 4) is 0 Å². The number of hydrogen-bond donors (Lipinski definition) is 0. The standard InChI is InChI=1S/C13H16O4S/c1-3-16-12(14)10-8-6-5-7-9(8)11(18-10)13(15)17-4-2/h3-7H2,1-2H3. The van der Waals surface area contributed by atoms with Crippen LogP contribution in [-0.4, -0.2) is 25.2 Å². The van der Waals surface area contributed by atoms with Crippen molar-refractivity contribution in [3.63, 3.8) is 0 Å². The molecular weight excluding hydrogens is 252 g/mol. The summed E-state index contributed by atoms with van der Waals surface area (Å²) in [5.41, 5.74) is 1.98. The van der Waals surface area contributed by atoms with Gasteiger partial charge in [-0.15, -0.1) is 11.3 Å². The van der Waals surface area contributed by atoms with E-state index in [9.17, 15) is 9.59 Å². The van der Waals surface area contributed by atoms with E-state index in [2.05, 4.69) is 0 Å². The molecule has 0 saturated carbocycles. The molecule has 0 atom stereocenters. The van der Waals surface area contributed by atoms with Crippen molar-refractivity contribution in [2.45, 2.75) is 33.1 Å².